The highest BCUT2D eigenvalue weighted by molar-refractivity contribution is 6.13. The molecule has 0 aliphatic carbocycles. The Hall–Kier alpha value is -2.10. The highest BCUT2D eigenvalue weighted by atomic mass is 16.5. The van der Waals surface area contributed by atoms with E-state index in [0.717, 1.165) is 10.9 Å². The largest absolute Gasteiger partial charge is 0.481 e. The lowest BCUT2D eigenvalue weighted by Gasteiger charge is -2.04. The number of ketones is 1. The topological polar surface area (TPSA) is 65.2 Å². The first-order valence-electron chi connectivity index (χ1n) is 4.61. The van der Waals surface area contributed by atoms with E-state index in [1.807, 2.05) is 24.3 Å². The lowest BCUT2D eigenvalue weighted by Crippen LogP contribution is -1.99. The van der Waals surface area contributed by atoms with Crippen molar-refractivity contribution in [3.05, 3.63) is 29.8 Å². The van der Waals surface area contributed by atoms with Crippen molar-refractivity contribution < 1.29 is 9.53 Å². The van der Waals surface area contributed by atoms with Crippen molar-refractivity contribution in [1.82, 2.24) is 4.98 Å². The molecule has 1 aromatic carbocycles. The standard InChI is InChI=1S/C11H8N2O2/c12-11-10-9(8(14)5-15-10)6-3-1-2-4-7(6)13-11/h1-4H,5H2,(H2,12,13). The molecule has 74 valence electrons. The number of fused-ring (bicyclic) bond motifs is 3. The van der Waals surface area contributed by atoms with Crippen molar-refractivity contribution in [3.8, 4) is 5.75 Å². The molecule has 0 saturated heterocycles. The molecule has 2 N–H and O–H groups in total. The fourth-order valence-corrected chi connectivity index (χ4v) is 1.85. The maximum atomic E-state index is 11.6. The molecule has 1 aliphatic rings. The summed E-state index contributed by atoms with van der Waals surface area (Å²) in [7, 11) is 0. The van der Waals surface area contributed by atoms with E-state index in [-0.39, 0.29) is 18.2 Å². The lowest BCUT2D eigenvalue weighted by atomic mass is 10.1. The van der Waals surface area contributed by atoms with Gasteiger partial charge in [-0.2, -0.15) is 0 Å². The van der Waals surface area contributed by atoms with Gasteiger partial charge in [0.1, 0.15) is 0 Å². The van der Waals surface area contributed by atoms with Gasteiger partial charge in [0, 0.05) is 5.39 Å². The average Bonchev–Trinajstić information content (AvgIpc) is 2.62. The molecule has 0 unspecified atom stereocenters. The van der Waals surface area contributed by atoms with E-state index in [9.17, 15) is 4.79 Å². The molecule has 0 radical (unpaired) electrons. The Labute approximate surface area is 85.7 Å². The minimum Gasteiger partial charge on any atom is -0.481 e. The van der Waals surface area contributed by atoms with Gasteiger partial charge in [0.05, 0.1) is 11.1 Å². The number of pyridine rings is 1. The van der Waals surface area contributed by atoms with Crippen LogP contribution in [0.1, 0.15) is 10.4 Å². The molecule has 0 fully saturated rings. The molecule has 0 bridgehead atoms. The highest BCUT2D eigenvalue weighted by Gasteiger charge is 2.26. The minimum atomic E-state index is -0.0321. The summed E-state index contributed by atoms with van der Waals surface area (Å²) in [5, 5.41) is 0.809. The molecule has 0 saturated carbocycles. The first kappa shape index (κ1) is 8.23. The summed E-state index contributed by atoms with van der Waals surface area (Å²) >= 11 is 0. The first-order chi connectivity index (χ1) is 7.27. The number of anilines is 1. The van der Waals surface area contributed by atoms with Crippen LogP contribution >= 0.6 is 0 Å². The molecular formula is C11H8N2O2. The molecule has 15 heavy (non-hydrogen) atoms. The Bertz CT molecular complexity index is 578. The van der Waals surface area contributed by atoms with E-state index in [1.165, 1.54) is 0 Å². The summed E-state index contributed by atoms with van der Waals surface area (Å²) in [5.41, 5.74) is 7.01. The van der Waals surface area contributed by atoms with Crippen molar-refractivity contribution in [2.45, 2.75) is 0 Å². The van der Waals surface area contributed by atoms with E-state index >= 15 is 0 Å². The molecule has 2 aromatic rings. The summed E-state index contributed by atoms with van der Waals surface area (Å²) in [4.78, 5) is 15.8. The number of hydrogen-bond donors (Lipinski definition) is 1. The molecule has 2 heterocycles. The Morgan fingerprint density at radius 3 is 3.00 bits per heavy atom. The lowest BCUT2D eigenvalue weighted by molar-refractivity contribution is 0.0962. The zero-order valence-corrected chi connectivity index (χ0v) is 7.86. The van der Waals surface area contributed by atoms with Crippen molar-refractivity contribution in [3.63, 3.8) is 0 Å². The summed E-state index contributed by atoms with van der Waals surface area (Å²) in [5.74, 6) is 0.684. The predicted molar refractivity (Wildman–Crippen MR) is 56.0 cm³/mol. The second-order valence-corrected chi connectivity index (χ2v) is 3.43. The van der Waals surface area contributed by atoms with E-state index in [4.69, 9.17) is 10.5 Å². The number of hydrogen-bond acceptors (Lipinski definition) is 4. The Morgan fingerprint density at radius 1 is 1.33 bits per heavy atom. The maximum Gasteiger partial charge on any atom is 0.204 e. The summed E-state index contributed by atoms with van der Waals surface area (Å²) in [6.07, 6.45) is 0. The Balaban J connectivity index is 2.51. The number of nitrogens with two attached hydrogens (primary N) is 1. The quantitative estimate of drug-likeness (QED) is 0.697. The highest BCUT2D eigenvalue weighted by Crippen LogP contribution is 2.35. The molecule has 0 amide bonds. The van der Waals surface area contributed by atoms with E-state index in [2.05, 4.69) is 4.98 Å². The van der Waals surface area contributed by atoms with Gasteiger partial charge in [-0.05, 0) is 6.07 Å². The summed E-state index contributed by atoms with van der Waals surface area (Å²) in [6, 6.07) is 7.41. The second kappa shape index (κ2) is 2.70. The average molecular weight is 200 g/mol. The van der Waals surface area contributed by atoms with Gasteiger partial charge in [-0.15, -0.1) is 0 Å². The van der Waals surface area contributed by atoms with Crippen LogP contribution in [0, 0.1) is 0 Å². The molecule has 0 spiro atoms. The van der Waals surface area contributed by atoms with E-state index in [0.29, 0.717) is 11.3 Å². The van der Waals surface area contributed by atoms with Gasteiger partial charge in [-0.25, -0.2) is 4.98 Å². The van der Waals surface area contributed by atoms with Crippen LogP contribution in [0.4, 0.5) is 5.82 Å². The summed E-state index contributed by atoms with van der Waals surface area (Å²) in [6.45, 7) is 0.0647. The number of para-hydroxylation sites is 1. The van der Waals surface area contributed by atoms with Crippen LogP contribution < -0.4 is 10.5 Å². The van der Waals surface area contributed by atoms with Crippen LogP contribution in [-0.4, -0.2) is 17.4 Å². The van der Waals surface area contributed by atoms with Gasteiger partial charge in [0.2, 0.25) is 5.78 Å². The molecule has 1 aliphatic heterocycles. The number of benzene rings is 1. The van der Waals surface area contributed by atoms with Crippen LogP contribution in [0.5, 0.6) is 5.75 Å². The fourth-order valence-electron chi connectivity index (χ4n) is 1.85. The molecular weight excluding hydrogens is 192 g/mol. The predicted octanol–water partition coefficient (Wildman–Crippen LogP) is 1.39. The first-order valence-corrected chi connectivity index (χ1v) is 4.61. The third-order valence-corrected chi connectivity index (χ3v) is 2.50. The number of Topliss-reactive ketones (excluding diaryl/α,β-unsaturated/α-hetero) is 1. The maximum absolute atomic E-state index is 11.6. The number of aromatic nitrogens is 1. The third kappa shape index (κ3) is 1.01. The van der Waals surface area contributed by atoms with E-state index in [1.54, 1.807) is 0 Å². The second-order valence-electron chi connectivity index (χ2n) is 3.43. The SMILES string of the molecule is Nc1nc2ccccc2c2c1OCC2=O. The van der Waals surface area contributed by atoms with Crippen molar-refractivity contribution in [2.24, 2.45) is 0 Å². The number of carbonyl (C=O) groups is 1. The Morgan fingerprint density at radius 2 is 2.13 bits per heavy atom. The zero-order chi connectivity index (χ0) is 10.4. The van der Waals surface area contributed by atoms with Gasteiger partial charge in [-0.1, -0.05) is 18.2 Å². The zero-order valence-electron chi connectivity index (χ0n) is 7.86. The van der Waals surface area contributed by atoms with Crippen LogP contribution in [0.2, 0.25) is 0 Å². The van der Waals surface area contributed by atoms with Crippen molar-refractivity contribution >= 4 is 22.5 Å². The molecule has 1 aromatic heterocycles. The third-order valence-electron chi connectivity index (χ3n) is 2.50. The van der Waals surface area contributed by atoms with Gasteiger partial charge < -0.3 is 10.5 Å². The van der Waals surface area contributed by atoms with Gasteiger partial charge in [-0.3, -0.25) is 4.79 Å². The van der Waals surface area contributed by atoms with Crippen molar-refractivity contribution in [2.75, 3.05) is 12.3 Å². The number of nitrogen functional groups attached to an aromatic ring is 1. The van der Waals surface area contributed by atoms with Crippen LogP contribution in [0.3, 0.4) is 0 Å². The van der Waals surface area contributed by atoms with Crippen LogP contribution in [0.25, 0.3) is 10.9 Å². The van der Waals surface area contributed by atoms with Gasteiger partial charge >= 0.3 is 0 Å². The monoisotopic (exact) mass is 200 g/mol. The number of carbonyl (C=O) groups excluding carboxylic acids is 1. The molecule has 4 heteroatoms. The van der Waals surface area contributed by atoms with Gasteiger partial charge in [0.15, 0.2) is 18.2 Å². The smallest absolute Gasteiger partial charge is 0.204 e. The Kier molecular flexibility index (Phi) is 1.48. The molecule has 4 nitrogen and oxygen atoms in total. The molecule has 3 rings (SSSR count). The number of nitrogens with zero attached hydrogens (tertiary/aromatic N) is 1. The minimum absolute atomic E-state index is 0.0321. The van der Waals surface area contributed by atoms with E-state index < -0.39 is 0 Å². The number of ether oxygens (including phenoxy) is 1. The van der Waals surface area contributed by atoms with Crippen molar-refractivity contribution in [1.29, 1.82) is 0 Å². The summed E-state index contributed by atoms with van der Waals surface area (Å²) < 4.78 is 5.21. The normalized spacial score (nSPS) is 14.0. The van der Waals surface area contributed by atoms with Crippen LogP contribution in [-0.2, 0) is 0 Å². The van der Waals surface area contributed by atoms with Crippen LogP contribution in [0.15, 0.2) is 24.3 Å². The fraction of sp³-hybridized carbons (Fsp3) is 0.0909. The number of rotatable bonds is 0. The molecule has 0 atom stereocenters. The van der Waals surface area contributed by atoms with Gasteiger partial charge in [0.25, 0.3) is 0 Å².